The molecule has 0 radical (unpaired) electrons. The van der Waals surface area contributed by atoms with Crippen molar-refractivity contribution in [2.75, 3.05) is 20.3 Å². The van der Waals surface area contributed by atoms with Crippen LogP contribution in [0.1, 0.15) is 67.4 Å². The van der Waals surface area contributed by atoms with Gasteiger partial charge in [0.2, 0.25) is 0 Å². The number of benzene rings is 2. The molecule has 2 aromatic carbocycles. The van der Waals surface area contributed by atoms with Crippen molar-refractivity contribution in [1.82, 2.24) is 0 Å². The molecule has 0 amide bonds. The van der Waals surface area contributed by atoms with Gasteiger partial charge >= 0.3 is 23.9 Å². The van der Waals surface area contributed by atoms with Gasteiger partial charge < -0.3 is 18.6 Å². The maximum absolute atomic E-state index is 14.3. The molecule has 46 heavy (non-hydrogen) atoms. The number of hydrogen-bond donors (Lipinski definition) is 0. The second-order valence-corrected chi connectivity index (χ2v) is 14.3. The third-order valence-electron chi connectivity index (χ3n) is 8.28. The van der Waals surface area contributed by atoms with Crippen LogP contribution in [0.25, 0.3) is 22.1 Å². The van der Waals surface area contributed by atoms with Crippen LogP contribution in [0.2, 0.25) is 0 Å². The van der Waals surface area contributed by atoms with Gasteiger partial charge in [-0.1, -0.05) is 41.5 Å². The van der Waals surface area contributed by atoms with Gasteiger partial charge in [0, 0.05) is 17.0 Å². The highest BCUT2D eigenvalue weighted by Gasteiger charge is 2.55. The summed E-state index contributed by atoms with van der Waals surface area (Å²) in [6, 6.07) is 8.14. The first-order valence-electron chi connectivity index (χ1n) is 14.5. The lowest BCUT2D eigenvalue weighted by Gasteiger charge is -2.44. The fourth-order valence-electron chi connectivity index (χ4n) is 5.03. The predicted octanol–water partition coefficient (Wildman–Crippen LogP) is 9.47. The van der Waals surface area contributed by atoms with Gasteiger partial charge in [0.05, 0.1) is 23.7 Å². The maximum Gasteiger partial charge on any atom is 0.417 e. The molecule has 0 aliphatic carbocycles. The van der Waals surface area contributed by atoms with Gasteiger partial charge in [0.25, 0.3) is 0 Å². The van der Waals surface area contributed by atoms with Crippen LogP contribution in [-0.4, -0.2) is 32.5 Å². The number of alkyl halides is 6. The number of esters is 1. The van der Waals surface area contributed by atoms with Gasteiger partial charge in [-0.2, -0.15) is 26.3 Å². The molecule has 0 fully saturated rings. The number of fused-ring (bicyclic) bond motifs is 1. The maximum atomic E-state index is 14.3. The minimum Gasteiger partial charge on any atom is -0.497 e. The van der Waals surface area contributed by atoms with E-state index in [2.05, 4.69) is 0 Å². The second kappa shape index (κ2) is 12.5. The fourth-order valence-corrected chi connectivity index (χ4v) is 5.03. The normalized spacial score (nSPS) is 15.6. The topological polar surface area (TPSA) is 75.0 Å². The first-order chi connectivity index (χ1) is 20.8. The van der Waals surface area contributed by atoms with E-state index in [4.69, 9.17) is 18.6 Å². The summed E-state index contributed by atoms with van der Waals surface area (Å²) in [5.41, 5.74) is -7.71. The summed E-state index contributed by atoms with van der Waals surface area (Å²) in [5.74, 6) is -0.908. The average Bonchev–Trinajstić information content (AvgIpc) is 2.91. The highest BCUT2D eigenvalue weighted by Crippen LogP contribution is 2.48. The highest BCUT2D eigenvalue weighted by atomic mass is 19.4. The smallest absolute Gasteiger partial charge is 0.417 e. The quantitative estimate of drug-likeness (QED) is 0.130. The van der Waals surface area contributed by atoms with Crippen molar-refractivity contribution in [3.05, 3.63) is 58.4 Å². The Morgan fingerprint density at radius 2 is 1.39 bits per heavy atom. The third kappa shape index (κ3) is 7.98. The van der Waals surface area contributed by atoms with Crippen LogP contribution in [0.3, 0.4) is 0 Å². The standard InChI is InChI=1S/C34H40F6O6/c1-29(2,3)17-32(8,30(4,5)6)28(42)45-19-31(7,34(38,39)40)18-44-22-11-10-20-14-24(27(41)46-26(20)16-22)23-13-12-21(43-9)15-25(23)33(35,36)37/h10-16H,17-19H2,1-9H3. The van der Waals surface area contributed by atoms with Crippen LogP contribution in [0, 0.1) is 21.7 Å². The summed E-state index contributed by atoms with van der Waals surface area (Å²) in [4.78, 5) is 26.1. The molecule has 254 valence electrons. The van der Waals surface area contributed by atoms with Crippen molar-refractivity contribution < 1.29 is 49.8 Å². The molecule has 0 bridgehead atoms. The molecule has 6 nitrogen and oxygen atoms in total. The molecule has 0 saturated carbocycles. The Morgan fingerprint density at radius 1 is 0.783 bits per heavy atom. The molecular weight excluding hydrogens is 618 g/mol. The molecular formula is C34H40F6O6. The Balaban J connectivity index is 1.89. The van der Waals surface area contributed by atoms with E-state index in [-0.39, 0.29) is 33.4 Å². The number of hydrogen-bond acceptors (Lipinski definition) is 6. The lowest BCUT2D eigenvalue weighted by Crippen LogP contribution is -2.48. The van der Waals surface area contributed by atoms with Crippen molar-refractivity contribution in [1.29, 1.82) is 0 Å². The molecule has 3 rings (SSSR count). The van der Waals surface area contributed by atoms with Crippen LogP contribution < -0.4 is 15.1 Å². The van der Waals surface area contributed by atoms with E-state index in [0.717, 1.165) is 19.1 Å². The van der Waals surface area contributed by atoms with Crippen molar-refractivity contribution in [2.45, 2.75) is 74.2 Å². The molecule has 2 atom stereocenters. The van der Waals surface area contributed by atoms with E-state index >= 15 is 0 Å². The first kappa shape index (κ1) is 36.8. The minimum atomic E-state index is -4.83. The van der Waals surface area contributed by atoms with Crippen LogP contribution in [0.15, 0.2) is 51.7 Å². The number of rotatable bonds is 9. The van der Waals surface area contributed by atoms with E-state index in [9.17, 15) is 35.9 Å². The van der Waals surface area contributed by atoms with Crippen molar-refractivity contribution >= 4 is 16.9 Å². The Kier molecular flexibility index (Phi) is 9.98. The Bertz CT molecular complexity index is 1630. The minimum absolute atomic E-state index is 0.0585. The molecule has 0 N–H and O–H groups in total. The second-order valence-electron chi connectivity index (χ2n) is 14.3. The Labute approximate surface area is 264 Å². The molecule has 2 unspecified atom stereocenters. The average molecular weight is 659 g/mol. The van der Waals surface area contributed by atoms with Gasteiger partial charge in [0.15, 0.2) is 0 Å². The van der Waals surface area contributed by atoms with E-state index in [1.165, 1.54) is 37.4 Å². The van der Waals surface area contributed by atoms with Gasteiger partial charge in [0.1, 0.15) is 35.7 Å². The van der Waals surface area contributed by atoms with Gasteiger partial charge in [-0.15, -0.1) is 0 Å². The molecule has 0 saturated heterocycles. The van der Waals surface area contributed by atoms with E-state index in [1.54, 1.807) is 6.92 Å². The molecule has 0 aliphatic heterocycles. The summed E-state index contributed by atoms with van der Waals surface area (Å²) in [7, 11) is 1.21. The number of carbonyl (C=O) groups excluding carboxylic acids is 1. The zero-order valence-electron chi connectivity index (χ0n) is 27.4. The van der Waals surface area contributed by atoms with E-state index in [1.807, 2.05) is 41.5 Å². The summed E-state index contributed by atoms with van der Waals surface area (Å²) in [6.07, 6.45) is -9.26. The zero-order chi connectivity index (χ0) is 35.1. The molecule has 1 heterocycles. The summed E-state index contributed by atoms with van der Waals surface area (Å²) < 4.78 is 105. The number of halogens is 6. The third-order valence-corrected chi connectivity index (χ3v) is 8.28. The molecule has 0 aliphatic rings. The van der Waals surface area contributed by atoms with Crippen LogP contribution in [0.5, 0.6) is 11.5 Å². The molecule has 3 aromatic rings. The largest absolute Gasteiger partial charge is 0.497 e. The van der Waals surface area contributed by atoms with Crippen LogP contribution in [-0.2, 0) is 15.7 Å². The lowest BCUT2D eigenvalue weighted by atomic mass is 9.61. The number of carbonyl (C=O) groups is 1. The fraction of sp³-hybridized carbons (Fsp3) is 0.529. The monoisotopic (exact) mass is 658 g/mol. The van der Waals surface area contributed by atoms with Crippen molar-refractivity contribution in [3.8, 4) is 22.6 Å². The Morgan fingerprint density at radius 3 is 1.91 bits per heavy atom. The first-order valence-corrected chi connectivity index (χ1v) is 14.5. The van der Waals surface area contributed by atoms with Crippen LogP contribution in [0.4, 0.5) is 26.3 Å². The summed E-state index contributed by atoms with van der Waals surface area (Å²) in [6.45, 7) is 11.9. The predicted molar refractivity (Wildman–Crippen MR) is 162 cm³/mol. The number of ether oxygens (including phenoxy) is 3. The molecule has 0 spiro atoms. The van der Waals surface area contributed by atoms with Gasteiger partial charge in [-0.25, -0.2) is 4.79 Å². The van der Waals surface area contributed by atoms with Crippen LogP contribution >= 0.6 is 0 Å². The molecule has 1 aromatic heterocycles. The lowest BCUT2D eigenvalue weighted by molar-refractivity contribution is -0.243. The van der Waals surface area contributed by atoms with Crippen molar-refractivity contribution in [3.63, 3.8) is 0 Å². The van der Waals surface area contributed by atoms with Crippen molar-refractivity contribution in [2.24, 2.45) is 21.7 Å². The number of methoxy groups -OCH3 is 1. The Hall–Kier alpha value is -3.70. The summed E-state index contributed by atoms with van der Waals surface area (Å²) >= 11 is 0. The van der Waals surface area contributed by atoms with E-state index in [0.29, 0.717) is 6.42 Å². The van der Waals surface area contributed by atoms with E-state index < -0.39 is 64.5 Å². The van der Waals surface area contributed by atoms with Gasteiger partial charge in [-0.05, 0) is 67.5 Å². The highest BCUT2D eigenvalue weighted by molar-refractivity contribution is 5.83. The zero-order valence-corrected chi connectivity index (χ0v) is 27.4. The summed E-state index contributed by atoms with van der Waals surface area (Å²) in [5, 5.41) is 0.207. The molecule has 12 heteroatoms. The van der Waals surface area contributed by atoms with Gasteiger partial charge in [-0.3, -0.25) is 4.79 Å². The SMILES string of the molecule is COc1ccc(-c2cc3ccc(OCC(C)(COC(=O)C(C)(CC(C)(C)C)C(C)(C)C)C(F)(F)F)cc3oc2=O)c(C(F)(F)F)c1.